The molecule has 0 unspecified atom stereocenters. The van der Waals surface area contributed by atoms with E-state index < -0.39 is 23.3 Å². The zero-order chi connectivity index (χ0) is 22.8. The maximum absolute atomic E-state index is 15.1. The molecule has 1 atom stereocenters. The Morgan fingerprint density at radius 2 is 2.03 bits per heavy atom. The highest BCUT2D eigenvalue weighted by Crippen LogP contribution is 2.43. The van der Waals surface area contributed by atoms with Crippen molar-refractivity contribution in [2.75, 3.05) is 25.2 Å². The van der Waals surface area contributed by atoms with Crippen LogP contribution in [-0.4, -0.2) is 41.7 Å². The summed E-state index contributed by atoms with van der Waals surface area (Å²) in [6, 6.07) is 4.39. The highest BCUT2D eigenvalue weighted by Gasteiger charge is 2.43. The molecule has 1 aromatic carbocycles. The van der Waals surface area contributed by atoms with Gasteiger partial charge in [0.25, 0.3) is 5.91 Å². The standard InChI is InChI=1S/C22H20BrF2N3O4/c1-11-18(27-7-14(23)15(24)6-19(27)26-11)8-28-17-5-13(22(30-3)9-31-10-22)4-16(25)20(17)32-12(2)21(28)29/h4-7,12H,8-10H2,1-3H3/t12-/m1/s1. The number of nitrogens with zero attached hydrogens (tertiary/aromatic N) is 3. The number of amides is 1. The summed E-state index contributed by atoms with van der Waals surface area (Å²) in [5.41, 5.74) is 1.83. The number of rotatable bonds is 4. The molecule has 7 nitrogen and oxygen atoms in total. The highest BCUT2D eigenvalue weighted by molar-refractivity contribution is 9.10. The zero-order valence-corrected chi connectivity index (χ0v) is 19.2. The summed E-state index contributed by atoms with van der Waals surface area (Å²) in [6.45, 7) is 4.04. The molecule has 1 amide bonds. The number of hydrogen-bond acceptors (Lipinski definition) is 5. The van der Waals surface area contributed by atoms with Crippen LogP contribution in [0.5, 0.6) is 5.75 Å². The number of carbonyl (C=O) groups excluding carboxylic acids is 1. The van der Waals surface area contributed by atoms with Crippen molar-refractivity contribution in [3.8, 4) is 5.75 Å². The van der Waals surface area contributed by atoms with Gasteiger partial charge in [0.1, 0.15) is 17.1 Å². The van der Waals surface area contributed by atoms with Crippen LogP contribution in [0, 0.1) is 18.6 Å². The first-order valence-corrected chi connectivity index (χ1v) is 10.8. The molecule has 2 aliphatic rings. The number of anilines is 1. The number of methoxy groups -OCH3 is 1. The maximum atomic E-state index is 15.1. The van der Waals surface area contributed by atoms with Crippen molar-refractivity contribution in [3.63, 3.8) is 0 Å². The van der Waals surface area contributed by atoms with Gasteiger partial charge in [-0.05, 0) is 47.5 Å². The Kier molecular flexibility index (Phi) is 4.99. The number of fused-ring (bicyclic) bond motifs is 2. The highest BCUT2D eigenvalue weighted by atomic mass is 79.9. The smallest absolute Gasteiger partial charge is 0.268 e. The van der Waals surface area contributed by atoms with E-state index in [2.05, 4.69) is 20.9 Å². The quantitative estimate of drug-likeness (QED) is 0.536. The summed E-state index contributed by atoms with van der Waals surface area (Å²) in [5.74, 6) is -1.33. The second-order valence-corrected chi connectivity index (χ2v) is 8.88. The molecule has 0 N–H and O–H groups in total. The van der Waals surface area contributed by atoms with E-state index in [0.29, 0.717) is 41.5 Å². The first-order chi connectivity index (χ1) is 15.2. The van der Waals surface area contributed by atoms with Crippen molar-refractivity contribution in [1.29, 1.82) is 0 Å². The monoisotopic (exact) mass is 507 g/mol. The number of ether oxygens (including phenoxy) is 3. The lowest BCUT2D eigenvalue weighted by atomic mass is 9.90. The molecule has 0 spiro atoms. The average molecular weight is 508 g/mol. The minimum Gasteiger partial charge on any atom is -0.476 e. The van der Waals surface area contributed by atoms with Crippen LogP contribution in [0.2, 0.25) is 0 Å². The van der Waals surface area contributed by atoms with Crippen LogP contribution in [0.15, 0.2) is 28.9 Å². The Labute approximate surface area is 191 Å². The minimum absolute atomic E-state index is 0.00560. The third-order valence-corrected chi connectivity index (χ3v) is 6.67. The summed E-state index contributed by atoms with van der Waals surface area (Å²) in [4.78, 5) is 19.0. The molecule has 0 aliphatic carbocycles. The summed E-state index contributed by atoms with van der Waals surface area (Å²) in [6.07, 6.45) is 0.702. The molecule has 0 radical (unpaired) electrons. The van der Waals surface area contributed by atoms with Gasteiger partial charge in [-0.2, -0.15) is 0 Å². The number of hydrogen-bond donors (Lipinski definition) is 0. The van der Waals surface area contributed by atoms with Gasteiger partial charge < -0.3 is 18.6 Å². The molecule has 32 heavy (non-hydrogen) atoms. The third-order valence-electron chi connectivity index (χ3n) is 6.08. The number of aromatic nitrogens is 2. The Balaban J connectivity index is 1.64. The first-order valence-electron chi connectivity index (χ1n) is 10.0. The summed E-state index contributed by atoms with van der Waals surface area (Å²) < 4.78 is 47.6. The topological polar surface area (TPSA) is 65.3 Å². The Morgan fingerprint density at radius 3 is 2.69 bits per heavy atom. The molecular weight excluding hydrogens is 488 g/mol. The van der Waals surface area contributed by atoms with E-state index in [0.717, 1.165) is 0 Å². The van der Waals surface area contributed by atoms with Crippen molar-refractivity contribution in [2.45, 2.75) is 32.1 Å². The van der Waals surface area contributed by atoms with E-state index >= 15 is 4.39 Å². The van der Waals surface area contributed by atoms with Gasteiger partial charge in [0, 0.05) is 19.4 Å². The average Bonchev–Trinajstić information content (AvgIpc) is 3.00. The second kappa shape index (κ2) is 7.50. The molecule has 0 saturated carbocycles. The van der Waals surface area contributed by atoms with Crippen molar-refractivity contribution in [3.05, 3.63) is 57.5 Å². The molecule has 4 heterocycles. The fourth-order valence-electron chi connectivity index (χ4n) is 4.12. The predicted molar refractivity (Wildman–Crippen MR) is 115 cm³/mol. The van der Waals surface area contributed by atoms with Crippen molar-refractivity contribution >= 4 is 33.2 Å². The van der Waals surface area contributed by atoms with Gasteiger partial charge in [0.05, 0.1) is 41.3 Å². The van der Waals surface area contributed by atoms with E-state index in [9.17, 15) is 9.18 Å². The normalized spacial score (nSPS) is 19.6. The summed E-state index contributed by atoms with van der Waals surface area (Å²) in [7, 11) is 1.54. The van der Waals surface area contributed by atoms with E-state index in [1.54, 1.807) is 37.6 Å². The number of benzene rings is 1. The van der Waals surface area contributed by atoms with E-state index in [4.69, 9.17) is 14.2 Å². The van der Waals surface area contributed by atoms with E-state index in [1.165, 1.54) is 17.0 Å². The van der Waals surface area contributed by atoms with Gasteiger partial charge in [0.15, 0.2) is 17.7 Å². The molecule has 5 rings (SSSR count). The maximum Gasteiger partial charge on any atom is 0.268 e. The molecule has 1 fully saturated rings. The lowest BCUT2D eigenvalue weighted by Gasteiger charge is -2.41. The zero-order valence-electron chi connectivity index (χ0n) is 17.6. The van der Waals surface area contributed by atoms with Gasteiger partial charge in [-0.3, -0.25) is 9.69 Å². The third kappa shape index (κ3) is 3.12. The molecular formula is C22H20BrF2N3O4. The summed E-state index contributed by atoms with van der Waals surface area (Å²) in [5, 5.41) is 0. The van der Waals surface area contributed by atoms with Crippen LogP contribution in [0.1, 0.15) is 23.9 Å². The van der Waals surface area contributed by atoms with Crippen LogP contribution >= 0.6 is 15.9 Å². The van der Waals surface area contributed by atoms with Gasteiger partial charge in [0.2, 0.25) is 0 Å². The number of carbonyl (C=O) groups is 1. The van der Waals surface area contributed by atoms with Crippen LogP contribution in [-0.2, 0) is 26.4 Å². The number of pyridine rings is 1. The van der Waals surface area contributed by atoms with Crippen molar-refractivity contribution in [1.82, 2.24) is 9.38 Å². The molecule has 3 aromatic rings. The molecule has 0 bridgehead atoms. The molecule has 2 aromatic heterocycles. The lowest BCUT2D eigenvalue weighted by molar-refractivity contribution is -0.202. The largest absolute Gasteiger partial charge is 0.476 e. The van der Waals surface area contributed by atoms with Crippen LogP contribution < -0.4 is 9.64 Å². The van der Waals surface area contributed by atoms with E-state index in [-0.39, 0.29) is 22.7 Å². The Morgan fingerprint density at radius 1 is 1.28 bits per heavy atom. The lowest BCUT2D eigenvalue weighted by Crippen LogP contribution is -2.49. The van der Waals surface area contributed by atoms with Crippen LogP contribution in [0.25, 0.3) is 5.65 Å². The molecule has 1 saturated heterocycles. The Hall–Kier alpha value is -2.56. The predicted octanol–water partition coefficient (Wildman–Crippen LogP) is 3.87. The van der Waals surface area contributed by atoms with E-state index in [1.807, 2.05) is 0 Å². The fourth-order valence-corrected chi connectivity index (χ4v) is 4.44. The number of halogens is 3. The second-order valence-electron chi connectivity index (χ2n) is 8.02. The molecule has 168 valence electrons. The SMILES string of the molecule is COC1(c2cc(F)c3c(c2)N(Cc2c(C)nc4cc(F)c(Br)cn24)C(=O)[C@@H](C)O3)COC1. The number of imidazole rings is 1. The fraction of sp³-hybridized carbons (Fsp3) is 0.364. The minimum atomic E-state index is -0.866. The van der Waals surface area contributed by atoms with Crippen molar-refractivity contribution < 1.29 is 27.8 Å². The first kappa shape index (κ1) is 21.3. The number of aryl methyl sites for hydroxylation is 1. The summed E-state index contributed by atoms with van der Waals surface area (Å²) >= 11 is 3.20. The van der Waals surface area contributed by atoms with Crippen molar-refractivity contribution in [2.24, 2.45) is 0 Å². The van der Waals surface area contributed by atoms with Gasteiger partial charge in [-0.15, -0.1) is 0 Å². The molecule has 10 heteroatoms. The van der Waals surface area contributed by atoms with Crippen LogP contribution in [0.3, 0.4) is 0 Å². The van der Waals surface area contributed by atoms with Gasteiger partial charge in [-0.1, -0.05) is 0 Å². The van der Waals surface area contributed by atoms with Gasteiger partial charge in [-0.25, -0.2) is 13.8 Å². The Bertz CT molecular complexity index is 1250. The van der Waals surface area contributed by atoms with Gasteiger partial charge >= 0.3 is 0 Å². The van der Waals surface area contributed by atoms with Crippen LogP contribution in [0.4, 0.5) is 14.5 Å². The molecule has 2 aliphatic heterocycles.